The third kappa shape index (κ3) is 0.540. The van der Waals surface area contributed by atoms with E-state index in [9.17, 15) is 0 Å². The van der Waals surface area contributed by atoms with Gasteiger partial charge < -0.3 is 10.7 Å². The van der Waals surface area contributed by atoms with E-state index in [0.29, 0.717) is 17.0 Å². The van der Waals surface area contributed by atoms with Crippen LogP contribution in [0.2, 0.25) is 0 Å². The summed E-state index contributed by atoms with van der Waals surface area (Å²) in [6.45, 7) is 0. The highest BCUT2D eigenvalue weighted by Gasteiger charge is 1.99. The Labute approximate surface area is 56.3 Å². The maximum absolute atomic E-state index is 5.48. The molecule has 0 unspecified atom stereocenters. The Morgan fingerprint density at radius 3 is 3.00 bits per heavy atom. The normalized spacial score (nSPS) is 10.4. The first kappa shape index (κ1) is 5.16. The summed E-state index contributed by atoms with van der Waals surface area (Å²) in [5.74, 6) is 0.433. The SMILES string of the molecule is Nc1[15n]cnc2nc[nH]c12. The first-order valence-electron chi connectivity index (χ1n) is 2.77. The van der Waals surface area contributed by atoms with E-state index in [4.69, 9.17) is 5.73 Å². The number of fused-ring (bicyclic) bond motifs is 1. The second-order valence-electron chi connectivity index (χ2n) is 1.86. The van der Waals surface area contributed by atoms with Crippen LogP contribution in [0, 0.1) is 0 Å². The van der Waals surface area contributed by atoms with Crippen molar-refractivity contribution >= 4 is 17.0 Å². The highest BCUT2D eigenvalue weighted by Crippen LogP contribution is 2.09. The van der Waals surface area contributed by atoms with Gasteiger partial charge in [-0.3, -0.25) is 0 Å². The molecule has 0 atom stereocenters. The van der Waals surface area contributed by atoms with E-state index in [0.717, 1.165) is 0 Å². The number of H-pyrrole nitrogens is 1. The van der Waals surface area contributed by atoms with Crippen molar-refractivity contribution in [1.29, 1.82) is 0 Å². The minimum Gasteiger partial charge on any atom is -0.382 e. The number of rotatable bonds is 0. The van der Waals surface area contributed by atoms with Crippen molar-refractivity contribution in [3.8, 4) is 0 Å². The number of aromatic nitrogens is 4. The standard InChI is InChI=1S/C5H5N5/c6-4-3-5(9-1-7-3)10-2-8-4/h1-2H,(H3,6,7,8,9,10)/i8+1. The molecule has 0 saturated heterocycles. The molecule has 3 N–H and O–H groups in total. The Hall–Kier alpha value is -1.65. The molecule has 2 aromatic heterocycles. The Morgan fingerprint density at radius 1 is 1.30 bits per heavy atom. The molecule has 0 aliphatic heterocycles. The summed E-state index contributed by atoms with van der Waals surface area (Å²) >= 11 is 0. The van der Waals surface area contributed by atoms with Gasteiger partial charge in [0.25, 0.3) is 0 Å². The van der Waals surface area contributed by atoms with E-state index in [1.165, 1.54) is 12.7 Å². The molecule has 5 heteroatoms. The topological polar surface area (TPSA) is 80.5 Å². The van der Waals surface area contributed by atoms with Crippen molar-refractivity contribution in [3.63, 3.8) is 0 Å². The first-order chi connectivity index (χ1) is 4.88. The lowest BCUT2D eigenvalue weighted by Crippen LogP contribution is -1.91. The van der Waals surface area contributed by atoms with E-state index in [2.05, 4.69) is 19.9 Å². The fraction of sp³-hybridized carbons (Fsp3) is 0. The number of anilines is 1. The minimum absolute atomic E-state index is 0.433. The van der Waals surface area contributed by atoms with Gasteiger partial charge in [0.05, 0.1) is 6.33 Å². The van der Waals surface area contributed by atoms with E-state index in [1.807, 2.05) is 0 Å². The van der Waals surface area contributed by atoms with Crippen molar-refractivity contribution in [3.05, 3.63) is 12.7 Å². The van der Waals surface area contributed by atoms with Gasteiger partial charge in [-0.2, -0.15) is 0 Å². The number of aromatic amines is 1. The van der Waals surface area contributed by atoms with Gasteiger partial charge in [-0.05, 0) is 0 Å². The van der Waals surface area contributed by atoms with Crippen LogP contribution in [0.5, 0.6) is 0 Å². The summed E-state index contributed by atoms with van der Waals surface area (Å²) in [7, 11) is 0. The highest BCUT2D eigenvalue weighted by molar-refractivity contribution is 5.80. The Kier molecular flexibility index (Phi) is 0.858. The number of imidazole rings is 1. The van der Waals surface area contributed by atoms with Gasteiger partial charge in [0, 0.05) is 0 Å². The molecule has 0 bridgehead atoms. The number of hydrogen-bond donors (Lipinski definition) is 2. The average molecular weight is 136 g/mol. The summed E-state index contributed by atoms with van der Waals surface area (Å²) < 4.78 is 0. The molecule has 0 aliphatic carbocycles. The number of nitrogen functional groups attached to an aromatic ring is 1. The maximum atomic E-state index is 5.48. The molecule has 2 aromatic rings. The number of nitrogens with one attached hydrogen (secondary N) is 1. The monoisotopic (exact) mass is 136 g/mol. The molecule has 0 amide bonds. The van der Waals surface area contributed by atoms with E-state index in [1.54, 1.807) is 0 Å². The lowest BCUT2D eigenvalue weighted by atomic mass is 10.5. The van der Waals surface area contributed by atoms with Crippen molar-refractivity contribution in [2.24, 2.45) is 0 Å². The Balaban J connectivity index is 2.95. The second kappa shape index (κ2) is 1.66. The van der Waals surface area contributed by atoms with Crippen molar-refractivity contribution < 1.29 is 0 Å². The van der Waals surface area contributed by atoms with Gasteiger partial charge in [-0.15, -0.1) is 0 Å². The summed E-state index contributed by atoms with van der Waals surface area (Å²) in [6, 6.07) is 0. The molecule has 2 heterocycles. The summed E-state index contributed by atoms with van der Waals surface area (Å²) in [6.07, 6.45) is 2.92. The molecule has 0 aliphatic rings. The van der Waals surface area contributed by atoms with Crippen LogP contribution in [-0.4, -0.2) is 19.9 Å². The first-order valence-corrected chi connectivity index (χ1v) is 2.77. The Morgan fingerprint density at radius 2 is 2.20 bits per heavy atom. The van der Waals surface area contributed by atoms with Crippen molar-refractivity contribution in [2.45, 2.75) is 0 Å². The lowest BCUT2D eigenvalue weighted by molar-refractivity contribution is 1.21. The molecule has 5 nitrogen and oxygen atoms in total. The van der Waals surface area contributed by atoms with Crippen LogP contribution < -0.4 is 5.73 Å². The van der Waals surface area contributed by atoms with Crippen LogP contribution in [0.4, 0.5) is 5.82 Å². The predicted octanol–water partition coefficient (Wildman–Crippen LogP) is -0.0649. The van der Waals surface area contributed by atoms with E-state index < -0.39 is 0 Å². The van der Waals surface area contributed by atoms with Gasteiger partial charge in [0.2, 0.25) is 0 Å². The molecule has 50 valence electrons. The quantitative estimate of drug-likeness (QED) is 0.531. The molecule has 2 rings (SSSR count). The number of hydrogen-bond acceptors (Lipinski definition) is 4. The fourth-order valence-corrected chi connectivity index (χ4v) is 0.784. The van der Waals surface area contributed by atoms with Crippen LogP contribution in [0.15, 0.2) is 12.7 Å². The average Bonchev–Trinajstić information content (AvgIpc) is 2.36. The van der Waals surface area contributed by atoms with Crippen LogP contribution >= 0.6 is 0 Å². The zero-order chi connectivity index (χ0) is 6.97. The number of nitrogens with zero attached hydrogens (tertiary/aromatic N) is 3. The van der Waals surface area contributed by atoms with E-state index in [-0.39, 0.29) is 0 Å². The largest absolute Gasteiger partial charge is 0.382 e. The fourth-order valence-electron chi connectivity index (χ4n) is 0.784. The Bertz CT molecular complexity index is 352. The third-order valence-corrected chi connectivity index (χ3v) is 1.25. The summed E-state index contributed by atoms with van der Waals surface area (Å²) in [5.41, 5.74) is 6.78. The molecule has 10 heavy (non-hydrogen) atoms. The van der Waals surface area contributed by atoms with Gasteiger partial charge in [-0.25, -0.2) is 15.0 Å². The summed E-state index contributed by atoms with van der Waals surface area (Å²) in [5, 5.41) is 0. The minimum atomic E-state index is 0.433. The molecule has 0 radical (unpaired) electrons. The van der Waals surface area contributed by atoms with Crippen LogP contribution in [0.3, 0.4) is 0 Å². The number of nitrogens with two attached hydrogens (primary N) is 1. The van der Waals surface area contributed by atoms with Crippen molar-refractivity contribution in [1.82, 2.24) is 19.9 Å². The van der Waals surface area contributed by atoms with Crippen LogP contribution in [-0.2, 0) is 0 Å². The van der Waals surface area contributed by atoms with Gasteiger partial charge >= 0.3 is 0 Å². The van der Waals surface area contributed by atoms with Gasteiger partial charge in [0.15, 0.2) is 11.5 Å². The van der Waals surface area contributed by atoms with Crippen molar-refractivity contribution in [2.75, 3.05) is 5.73 Å². The predicted molar refractivity (Wildman–Crippen MR) is 36.1 cm³/mol. The molecular weight excluding hydrogens is 131 g/mol. The van der Waals surface area contributed by atoms with Crippen LogP contribution in [0.1, 0.15) is 0 Å². The zero-order valence-electron chi connectivity index (χ0n) is 5.07. The highest BCUT2D eigenvalue weighted by atomic mass is 15.5. The van der Waals surface area contributed by atoms with E-state index >= 15 is 0 Å². The summed E-state index contributed by atoms with van der Waals surface area (Å²) in [4.78, 5) is 14.4. The molecule has 0 aromatic carbocycles. The van der Waals surface area contributed by atoms with Gasteiger partial charge in [0.1, 0.15) is 11.8 Å². The lowest BCUT2D eigenvalue weighted by Gasteiger charge is -1.89. The molecular formula is C5H5N5. The van der Waals surface area contributed by atoms with Gasteiger partial charge in [-0.1, -0.05) is 0 Å². The zero-order valence-corrected chi connectivity index (χ0v) is 5.07. The van der Waals surface area contributed by atoms with Crippen LogP contribution in [0.25, 0.3) is 11.2 Å². The molecule has 0 saturated carbocycles. The third-order valence-electron chi connectivity index (χ3n) is 1.25. The smallest absolute Gasteiger partial charge is 0.182 e. The molecule has 0 fully saturated rings. The maximum Gasteiger partial charge on any atom is 0.182 e. The second-order valence-corrected chi connectivity index (χ2v) is 1.86. The molecule has 0 spiro atoms.